The van der Waals surface area contributed by atoms with Crippen LogP contribution >= 0.6 is 11.6 Å². The second kappa shape index (κ2) is 6.23. The van der Waals surface area contributed by atoms with E-state index in [-0.39, 0.29) is 18.4 Å². The summed E-state index contributed by atoms with van der Waals surface area (Å²) in [6, 6.07) is 4.33. The molecular formula is C11H15ClN4O2. The van der Waals surface area contributed by atoms with Crippen LogP contribution in [0.25, 0.3) is 0 Å². The summed E-state index contributed by atoms with van der Waals surface area (Å²) in [5.74, 6) is 4.45. The lowest BCUT2D eigenvalue weighted by Gasteiger charge is -2.14. The van der Waals surface area contributed by atoms with Crippen molar-refractivity contribution in [1.82, 2.24) is 5.32 Å². The minimum Gasteiger partial charge on any atom is -0.370 e. The molecule has 0 bridgehead atoms. The Bertz CT molecular complexity index is 464. The molecule has 0 aliphatic heterocycles. The lowest BCUT2D eigenvalue weighted by atomic mass is 10.1. The second-order valence-corrected chi connectivity index (χ2v) is 4.32. The van der Waals surface area contributed by atoms with Crippen LogP contribution < -0.4 is 22.3 Å². The van der Waals surface area contributed by atoms with E-state index in [1.807, 2.05) is 0 Å². The van der Waals surface area contributed by atoms with Gasteiger partial charge in [0.15, 0.2) is 0 Å². The highest BCUT2D eigenvalue weighted by Crippen LogP contribution is 2.19. The molecule has 0 fully saturated rings. The molecule has 0 aliphatic carbocycles. The van der Waals surface area contributed by atoms with Crippen molar-refractivity contribution in [2.24, 2.45) is 11.6 Å². The first-order valence-electron chi connectivity index (χ1n) is 5.29. The van der Waals surface area contributed by atoms with E-state index >= 15 is 0 Å². The van der Waals surface area contributed by atoms with Crippen molar-refractivity contribution in [3.63, 3.8) is 0 Å². The highest BCUT2D eigenvalue weighted by atomic mass is 35.5. The fraction of sp³-hybridized carbons (Fsp3) is 0.273. The van der Waals surface area contributed by atoms with Gasteiger partial charge in [0.2, 0.25) is 5.91 Å². The van der Waals surface area contributed by atoms with E-state index in [2.05, 4.69) is 10.7 Å². The number of amides is 2. The summed E-state index contributed by atoms with van der Waals surface area (Å²) in [7, 11) is 0. The van der Waals surface area contributed by atoms with Crippen LogP contribution in [0.15, 0.2) is 18.2 Å². The number of nitrogens with two attached hydrogens (primary N) is 2. The van der Waals surface area contributed by atoms with Gasteiger partial charge >= 0.3 is 0 Å². The van der Waals surface area contributed by atoms with E-state index in [1.165, 1.54) is 6.07 Å². The number of nitrogens with one attached hydrogen (secondary N) is 2. The van der Waals surface area contributed by atoms with Gasteiger partial charge in [-0.25, -0.2) is 0 Å². The standard InChI is InChI=1S/C11H15ClN4O2/c1-6(4-10(13)17)15-11(18)8-5-7(12)2-3-9(8)16-14/h2-3,5-6,16H,4,14H2,1H3,(H2,13,17)(H,15,18). The molecule has 6 nitrogen and oxygen atoms in total. The van der Waals surface area contributed by atoms with E-state index in [0.717, 1.165) is 0 Å². The SMILES string of the molecule is CC(CC(N)=O)NC(=O)c1cc(Cl)ccc1NN. The molecule has 6 N–H and O–H groups in total. The Morgan fingerprint density at radius 2 is 2.11 bits per heavy atom. The van der Waals surface area contributed by atoms with E-state index in [4.69, 9.17) is 23.2 Å². The molecule has 7 heteroatoms. The third-order valence-electron chi connectivity index (χ3n) is 2.27. The maximum Gasteiger partial charge on any atom is 0.253 e. The molecule has 1 unspecified atom stereocenters. The first-order valence-corrected chi connectivity index (χ1v) is 5.67. The Morgan fingerprint density at radius 1 is 1.44 bits per heavy atom. The number of hydrazine groups is 1. The maximum absolute atomic E-state index is 12.0. The smallest absolute Gasteiger partial charge is 0.253 e. The highest BCUT2D eigenvalue weighted by Gasteiger charge is 2.15. The number of carbonyl (C=O) groups excluding carboxylic acids is 2. The molecule has 18 heavy (non-hydrogen) atoms. The zero-order valence-corrected chi connectivity index (χ0v) is 10.6. The zero-order chi connectivity index (χ0) is 13.7. The summed E-state index contributed by atoms with van der Waals surface area (Å²) in [5.41, 5.74) is 8.21. The summed E-state index contributed by atoms with van der Waals surface area (Å²) >= 11 is 5.82. The maximum atomic E-state index is 12.0. The molecule has 0 saturated heterocycles. The van der Waals surface area contributed by atoms with Gasteiger partial charge in [0.05, 0.1) is 11.3 Å². The predicted octanol–water partition coefficient (Wildman–Crippen LogP) is 0.619. The average molecular weight is 271 g/mol. The van der Waals surface area contributed by atoms with Crippen molar-refractivity contribution in [1.29, 1.82) is 0 Å². The highest BCUT2D eigenvalue weighted by molar-refractivity contribution is 6.31. The number of benzene rings is 1. The summed E-state index contributed by atoms with van der Waals surface area (Å²) in [6.07, 6.45) is 0.0672. The molecule has 0 radical (unpaired) electrons. The van der Waals surface area contributed by atoms with Crippen molar-refractivity contribution in [3.05, 3.63) is 28.8 Å². The minimum atomic E-state index is -0.480. The van der Waals surface area contributed by atoms with Gasteiger partial charge in [-0.3, -0.25) is 15.4 Å². The minimum absolute atomic E-state index is 0.0672. The number of rotatable bonds is 5. The average Bonchev–Trinajstić information content (AvgIpc) is 2.27. The van der Waals surface area contributed by atoms with E-state index in [0.29, 0.717) is 16.3 Å². The number of anilines is 1. The molecule has 98 valence electrons. The molecule has 0 heterocycles. The van der Waals surface area contributed by atoms with Crippen LogP contribution in [0.1, 0.15) is 23.7 Å². The van der Waals surface area contributed by atoms with Gasteiger partial charge in [0, 0.05) is 17.5 Å². The number of hydrogen-bond acceptors (Lipinski definition) is 4. The van der Waals surface area contributed by atoms with Crippen molar-refractivity contribution in [2.45, 2.75) is 19.4 Å². The first-order chi connectivity index (χ1) is 8.43. The molecule has 1 aromatic carbocycles. The van der Waals surface area contributed by atoms with Crippen LogP contribution in [0.4, 0.5) is 5.69 Å². The quantitative estimate of drug-likeness (QED) is 0.464. The Hall–Kier alpha value is -1.79. The molecule has 1 aromatic rings. The Balaban J connectivity index is 2.83. The molecule has 1 atom stereocenters. The number of hydrogen-bond donors (Lipinski definition) is 4. The van der Waals surface area contributed by atoms with Gasteiger partial charge in [-0.05, 0) is 25.1 Å². The summed E-state index contributed by atoms with van der Waals surface area (Å²) in [5, 5.41) is 3.05. The van der Waals surface area contributed by atoms with Crippen LogP contribution in [0.5, 0.6) is 0 Å². The van der Waals surface area contributed by atoms with Gasteiger partial charge in [-0.2, -0.15) is 0 Å². The molecule has 2 amide bonds. The van der Waals surface area contributed by atoms with Crippen LogP contribution in [-0.2, 0) is 4.79 Å². The van der Waals surface area contributed by atoms with Gasteiger partial charge in [-0.15, -0.1) is 0 Å². The third-order valence-corrected chi connectivity index (χ3v) is 2.50. The topological polar surface area (TPSA) is 110 Å². The largest absolute Gasteiger partial charge is 0.370 e. The number of carbonyl (C=O) groups is 2. The molecule has 0 spiro atoms. The van der Waals surface area contributed by atoms with Crippen molar-refractivity contribution < 1.29 is 9.59 Å². The molecule has 0 aliphatic rings. The van der Waals surface area contributed by atoms with Gasteiger partial charge in [0.1, 0.15) is 0 Å². The van der Waals surface area contributed by atoms with E-state index in [1.54, 1.807) is 19.1 Å². The summed E-state index contributed by atoms with van der Waals surface area (Å²) in [6.45, 7) is 1.68. The summed E-state index contributed by atoms with van der Waals surface area (Å²) < 4.78 is 0. The van der Waals surface area contributed by atoms with Crippen molar-refractivity contribution in [2.75, 3.05) is 5.43 Å². The number of halogens is 1. The Labute approximate surface area is 110 Å². The van der Waals surface area contributed by atoms with Gasteiger partial charge in [-0.1, -0.05) is 11.6 Å². The van der Waals surface area contributed by atoms with E-state index in [9.17, 15) is 9.59 Å². The van der Waals surface area contributed by atoms with E-state index < -0.39 is 5.91 Å². The van der Waals surface area contributed by atoms with Gasteiger partial charge < -0.3 is 16.5 Å². The first kappa shape index (κ1) is 14.3. The molecular weight excluding hydrogens is 256 g/mol. The monoisotopic (exact) mass is 270 g/mol. The zero-order valence-electron chi connectivity index (χ0n) is 9.87. The Kier molecular flexibility index (Phi) is 4.94. The van der Waals surface area contributed by atoms with Gasteiger partial charge in [0.25, 0.3) is 5.91 Å². The summed E-state index contributed by atoms with van der Waals surface area (Å²) in [4.78, 5) is 22.7. The van der Waals surface area contributed by atoms with Crippen LogP contribution in [0.2, 0.25) is 5.02 Å². The van der Waals surface area contributed by atoms with Crippen LogP contribution in [0.3, 0.4) is 0 Å². The molecule has 0 saturated carbocycles. The second-order valence-electron chi connectivity index (χ2n) is 3.88. The lowest BCUT2D eigenvalue weighted by Crippen LogP contribution is -2.36. The number of nitrogen functional groups attached to an aromatic ring is 1. The number of primary amides is 1. The van der Waals surface area contributed by atoms with Crippen LogP contribution in [0, 0.1) is 0 Å². The fourth-order valence-electron chi connectivity index (χ4n) is 1.48. The third kappa shape index (κ3) is 3.90. The Morgan fingerprint density at radius 3 is 2.67 bits per heavy atom. The normalized spacial score (nSPS) is 11.7. The predicted molar refractivity (Wildman–Crippen MR) is 70.0 cm³/mol. The van der Waals surface area contributed by atoms with Crippen molar-refractivity contribution >= 4 is 29.1 Å². The molecule has 1 rings (SSSR count). The van der Waals surface area contributed by atoms with Crippen molar-refractivity contribution in [3.8, 4) is 0 Å². The molecule has 0 aromatic heterocycles. The fourth-order valence-corrected chi connectivity index (χ4v) is 1.66. The van der Waals surface area contributed by atoms with Crippen LogP contribution in [-0.4, -0.2) is 17.9 Å². The lowest BCUT2D eigenvalue weighted by molar-refractivity contribution is -0.118.